The van der Waals surface area contributed by atoms with Gasteiger partial charge in [0.15, 0.2) is 5.96 Å². The lowest BCUT2D eigenvalue weighted by Crippen LogP contribution is -2.43. The van der Waals surface area contributed by atoms with Gasteiger partial charge in [-0.25, -0.2) is 4.39 Å². The summed E-state index contributed by atoms with van der Waals surface area (Å²) in [5.41, 5.74) is 3.64. The van der Waals surface area contributed by atoms with E-state index < -0.39 is 0 Å². The lowest BCUT2D eigenvalue weighted by atomic mass is 10.00. The molecule has 6 heteroatoms. The van der Waals surface area contributed by atoms with Gasteiger partial charge >= 0.3 is 0 Å². The maximum Gasteiger partial charge on any atom is 0.191 e. The van der Waals surface area contributed by atoms with Crippen LogP contribution in [0.5, 0.6) is 0 Å². The number of nitrogens with one attached hydrogen (secondary N) is 2. The molecule has 0 spiro atoms. The topological polar surface area (TPSA) is 39.7 Å². The fourth-order valence-corrected chi connectivity index (χ4v) is 3.31. The first-order valence-electron chi connectivity index (χ1n) is 9.23. The van der Waals surface area contributed by atoms with Gasteiger partial charge in [-0.2, -0.15) is 0 Å². The number of rotatable bonds is 6. The highest BCUT2D eigenvalue weighted by Gasteiger charge is 2.15. The van der Waals surface area contributed by atoms with E-state index >= 15 is 0 Å². The van der Waals surface area contributed by atoms with Crippen LogP contribution < -0.4 is 10.6 Å². The second-order valence-corrected chi connectivity index (χ2v) is 6.56. The molecule has 0 saturated carbocycles. The summed E-state index contributed by atoms with van der Waals surface area (Å²) in [5.74, 6) is 0.612. The maximum absolute atomic E-state index is 13.6. The Hall–Kier alpha value is -1.67. The minimum atomic E-state index is -0.150. The molecule has 146 valence electrons. The van der Waals surface area contributed by atoms with Gasteiger partial charge in [-0.05, 0) is 35.6 Å². The fourth-order valence-electron chi connectivity index (χ4n) is 3.31. The Bertz CT molecular complexity index is 750. The van der Waals surface area contributed by atoms with E-state index in [4.69, 9.17) is 0 Å². The van der Waals surface area contributed by atoms with Gasteiger partial charge in [0.25, 0.3) is 0 Å². The van der Waals surface area contributed by atoms with E-state index in [2.05, 4.69) is 44.8 Å². The molecule has 2 aromatic rings. The first-order valence-corrected chi connectivity index (χ1v) is 9.23. The number of guanidine groups is 1. The van der Waals surface area contributed by atoms with Crippen LogP contribution in [-0.2, 0) is 19.4 Å². The average Bonchev–Trinajstić information content (AvgIpc) is 2.68. The van der Waals surface area contributed by atoms with E-state index in [0.717, 1.165) is 44.1 Å². The van der Waals surface area contributed by atoms with E-state index in [9.17, 15) is 4.39 Å². The molecule has 0 aliphatic carbocycles. The van der Waals surface area contributed by atoms with Gasteiger partial charge in [-0.15, -0.1) is 24.0 Å². The summed E-state index contributed by atoms with van der Waals surface area (Å²) in [6.45, 7) is 4.57. The molecule has 0 saturated heterocycles. The van der Waals surface area contributed by atoms with Crippen LogP contribution in [0.2, 0.25) is 0 Å². The summed E-state index contributed by atoms with van der Waals surface area (Å²) in [6.07, 6.45) is 1.75. The second-order valence-electron chi connectivity index (χ2n) is 6.56. The SMILES string of the molecule is CN=C(NCCc1ccccc1F)NCCN1CCc2ccccc2C1.I. The Balaban J connectivity index is 0.00000261. The molecule has 0 amide bonds. The van der Waals surface area contributed by atoms with Crippen molar-refractivity contribution in [2.75, 3.05) is 33.2 Å². The molecule has 0 fully saturated rings. The monoisotopic (exact) mass is 482 g/mol. The zero-order valence-electron chi connectivity index (χ0n) is 15.7. The number of benzene rings is 2. The molecule has 0 radical (unpaired) electrons. The third-order valence-corrected chi connectivity index (χ3v) is 4.80. The molecule has 1 heterocycles. The quantitative estimate of drug-likeness (QED) is 0.378. The minimum Gasteiger partial charge on any atom is -0.356 e. The second kappa shape index (κ2) is 11.2. The van der Waals surface area contributed by atoms with Crippen molar-refractivity contribution in [3.05, 3.63) is 71.0 Å². The fraction of sp³-hybridized carbons (Fsp3) is 0.381. The van der Waals surface area contributed by atoms with Crippen molar-refractivity contribution in [3.8, 4) is 0 Å². The minimum absolute atomic E-state index is 0. The number of hydrogen-bond donors (Lipinski definition) is 2. The summed E-state index contributed by atoms with van der Waals surface area (Å²) in [6, 6.07) is 15.6. The Morgan fingerprint density at radius 2 is 1.74 bits per heavy atom. The lowest BCUT2D eigenvalue weighted by molar-refractivity contribution is 0.258. The smallest absolute Gasteiger partial charge is 0.191 e. The van der Waals surface area contributed by atoms with E-state index in [-0.39, 0.29) is 29.8 Å². The number of hydrogen-bond acceptors (Lipinski definition) is 2. The van der Waals surface area contributed by atoms with Gasteiger partial charge in [-0.1, -0.05) is 42.5 Å². The van der Waals surface area contributed by atoms with Crippen molar-refractivity contribution in [3.63, 3.8) is 0 Å². The zero-order chi connectivity index (χ0) is 18.2. The molecule has 3 rings (SSSR count). The molecule has 1 aliphatic heterocycles. The Labute approximate surface area is 178 Å². The Morgan fingerprint density at radius 1 is 1.04 bits per heavy atom. The van der Waals surface area contributed by atoms with Gasteiger partial charge in [0.1, 0.15) is 5.82 Å². The number of halogens is 2. The van der Waals surface area contributed by atoms with Crippen LogP contribution in [0.1, 0.15) is 16.7 Å². The zero-order valence-corrected chi connectivity index (χ0v) is 18.1. The van der Waals surface area contributed by atoms with Gasteiger partial charge < -0.3 is 10.6 Å². The van der Waals surface area contributed by atoms with E-state index in [1.807, 2.05) is 12.1 Å². The summed E-state index contributed by atoms with van der Waals surface area (Å²) in [4.78, 5) is 6.70. The van der Waals surface area contributed by atoms with E-state index in [1.165, 1.54) is 17.2 Å². The van der Waals surface area contributed by atoms with Crippen molar-refractivity contribution in [2.45, 2.75) is 19.4 Å². The molecule has 0 bridgehead atoms. The van der Waals surface area contributed by atoms with Crippen LogP contribution in [0, 0.1) is 5.82 Å². The standard InChI is InChI=1S/C21H27FN4.HI/c1-23-21(24-12-10-18-7-4-5-9-20(18)22)25-13-15-26-14-11-17-6-2-3-8-19(17)16-26;/h2-9H,10-16H2,1H3,(H2,23,24,25);1H. The highest BCUT2D eigenvalue weighted by atomic mass is 127. The first-order chi connectivity index (χ1) is 12.8. The van der Waals surface area contributed by atoms with Crippen LogP contribution in [-0.4, -0.2) is 44.1 Å². The van der Waals surface area contributed by atoms with Gasteiger partial charge in [0, 0.05) is 39.8 Å². The summed E-state index contributed by atoms with van der Waals surface area (Å²) in [5, 5.41) is 6.60. The van der Waals surface area contributed by atoms with Gasteiger partial charge in [0.05, 0.1) is 0 Å². The predicted octanol–water partition coefficient (Wildman–Crippen LogP) is 3.21. The van der Waals surface area contributed by atoms with Crippen LogP contribution in [0.3, 0.4) is 0 Å². The molecule has 2 N–H and O–H groups in total. The molecule has 27 heavy (non-hydrogen) atoms. The number of aliphatic imine (C=N–C) groups is 1. The largest absolute Gasteiger partial charge is 0.356 e. The molecular formula is C21H28FIN4. The third-order valence-electron chi connectivity index (χ3n) is 4.80. The lowest BCUT2D eigenvalue weighted by Gasteiger charge is -2.28. The van der Waals surface area contributed by atoms with E-state index in [1.54, 1.807) is 13.1 Å². The van der Waals surface area contributed by atoms with Crippen molar-refractivity contribution < 1.29 is 4.39 Å². The van der Waals surface area contributed by atoms with Crippen molar-refractivity contribution >= 4 is 29.9 Å². The molecule has 1 aliphatic rings. The van der Waals surface area contributed by atoms with Crippen LogP contribution in [0.4, 0.5) is 4.39 Å². The molecule has 4 nitrogen and oxygen atoms in total. The van der Waals surface area contributed by atoms with Crippen LogP contribution >= 0.6 is 24.0 Å². The van der Waals surface area contributed by atoms with Crippen LogP contribution in [0.15, 0.2) is 53.5 Å². The number of nitrogens with zero attached hydrogens (tertiary/aromatic N) is 2. The Kier molecular flexibility index (Phi) is 9.00. The highest BCUT2D eigenvalue weighted by molar-refractivity contribution is 14.0. The summed E-state index contributed by atoms with van der Waals surface area (Å²) < 4.78 is 13.6. The summed E-state index contributed by atoms with van der Waals surface area (Å²) >= 11 is 0. The van der Waals surface area contributed by atoms with Gasteiger partial charge in [0.2, 0.25) is 0 Å². The third kappa shape index (κ3) is 6.46. The highest BCUT2D eigenvalue weighted by Crippen LogP contribution is 2.17. The van der Waals surface area contributed by atoms with E-state index in [0.29, 0.717) is 13.0 Å². The van der Waals surface area contributed by atoms with Gasteiger partial charge in [-0.3, -0.25) is 9.89 Å². The molecular weight excluding hydrogens is 454 g/mol. The number of fused-ring (bicyclic) bond motifs is 1. The van der Waals surface area contributed by atoms with Crippen molar-refractivity contribution in [1.82, 2.24) is 15.5 Å². The average molecular weight is 482 g/mol. The van der Waals surface area contributed by atoms with Crippen LogP contribution in [0.25, 0.3) is 0 Å². The Morgan fingerprint density at radius 3 is 2.52 bits per heavy atom. The maximum atomic E-state index is 13.6. The predicted molar refractivity (Wildman–Crippen MR) is 120 cm³/mol. The molecule has 0 unspecified atom stereocenters. The van der Waals surface area contributed by atoms with Crippen molar-refractivity contribution in [1.29, 1.82) is 0 Å². The molecule has 0 aromatic heterocycles. The first kappa shape index (κ1) is 21.6. The molecule has 0 atom stereocenters. The molecule has 2 aromatic carbocycles. The van der Waals surface area contributed by atoms with Crippen molar-refractivity contribution in [2.24, 2.45) is 4.99 Å². The summed E-state index contributed by atoms with van der Waals surface area (Å²) in [7, 11) is 1.76. The normalized spacial score (nSPS) is 14.2.